The van der Waals surface area contributed by atoms with Gasteiger partial charge in [-0.1, -0.05) is 31.9 Å². The quantitative estimate of drug-likeness (QED) is 0.550. The molecule has 0 bridgehead atoms. The lowest BCUT2D eigenvalue weighted by Gasteiger charge is -2.19. The van der Waals surface area contributed by atoms with E-state index < -0.39 is 30.1 Å². The van der Waals surface area contributed by atoms with Crippen molar-refractivity contribution in [2.45, 2.75) is 51.0 Å². The second kappa shape index (κ2) is 8.41. The minimum atomic E-state index is -0.784. The lowest BCUT2D eigenvalue weighted by molar-refractivity contribution is -0.147. The summed E-state index contributed by atoms with van der Waals surface area (Å²) in [5, 5.41) is 5.41. The summed E-state index contributed by atoms with van der Waals surface area (Å²) in [5.41, 5.74) is 0.998. The number of benzene rings is 1. The number of nitrogens with zero attached hydrogens (tertiary/aromatic N) is 1. The molecule has 0 radical (unpaired) electrons. The number of urea groups is 1. The van der Waals surface area contributed by atoms with Crippen molar-refractivity contribution in [3.05, 3.63) is 29.8 Å². The van der Waals surface area contributed by atoms with Gasteiger partial charge >= 0.3 is 12.0 Å². The van der Waals surface area contributed by atoms with Gasteiger partial charge in [0.15, 0.2) is 6.61 Å². The van der Waals surface area contributed by atoms with Crippen LogP contribution in [0.2, 0.25) is 0 Å². The fraction of sp³-hybridized carbons (Fsp3) is 0.500. The Bertz CT molecular complexity index is 769. The number of ether oxygens (including phenoxy) is 1. The van der Waals surface area contributed by atoms with Gasteiger partial charge in [-0.3, -0.25) is 19.3 Å². The van der Waals surface area contributed by atoms with Gasteiger partial charge in [0.25, 0.3) is 11.8 Å². The normalized spacial score (nSPS) is 17.7. The van der Waals surface area contributed by atoms with Gasteiger partial charge in [-0.05, 0) is 37.0 Å². The standard InChI is InChI=1S/C20H25N3O5/c1-2-14-5-7-15(8-6-14)21-16(24)13-28-17(25)9-12-23-18(26)20(22-19(23)27)10-3-4-11-20/h5-8H,2-4,9-13H2,1H3,(H,21,24)(H,22,27). The van der Waals surface area contributed by atoms with Gasteiger partial charge < -0.3 is 15.4 Å². The molecule has 1 aromatic rings. The van der Waals surface area contributed by atoms with E-state index in [-0.39, 0.29) is 18.9 Å². The highest BCUT2D eigenvalue weighted by molar-refractivity contribution is 6.07. The molecule has 8 heteroatoms. The van der Waals surface area contributed by atoms with E-state index in [1.165, 1.54) is 0 Å². The number of nitrogens with one attached hydrogen (secondary N) is 2. The molecule has 0 atom stereocenters. The van der Waals surface area contributed by atoms with Crippen LogP contribution < -0.4 is 10.6 Å². The maximum Gasteiger partial charge on any atom is 0.325 e. The number of imide groups is 1. The lowest BCUT2D eigenvalue weighted by Crippen LogP contribution is -2.44. The molecule has 1 saturated carbocycles. The Morgan fingerprint density at radius 3 is 2.50 bits per heavy atom. The Hall–Kier alpha value is -2.90. The molecular weight excluding hydrogens is 362 g/mol. The third kappa shape index (κ3) is 4.32. The predicted molar refractivity (Wildman–Crippen MR) is 101 cm³/mol. The lowest BCUT2D eigenvalue weighted by atomic mass is 9.98. The van der Waals surface area contributed by atoms with Crippen LogP contribution in [-0.4, -0.2) is 47.4 Å². The molecule has 1 saturated heterocycles. The van der Waals surface area contributed by atoms with Gasteiger partial charge in [-0.25, -0.2) is 4.79 Å². The topological polar surface area (TPSA) is 105 Å². The zero-order valence-corrected chi connectivity index (χ0v) is 16.0. The molecule has 150 valence electrons. The van der Waals surface area contributed by atoms with E-state index >= 15 is 0 Å². The number of anilines is 1. The van der Waals surface area contributed by atoms with Crippen molar-refractivity contribution in [1.29, 1.82) is 0 Å². The van der Waals surface area contributed by atoms with Gasteiger partial charge in [0.05, 0.1) is 6.42 Å². The summed E-state index contributed by atoms with van der Waals surface area (Å²) in [6, 6.07) is 6.94. The Kier molecular flexibility index (Phi) is 5.96. The first-order valence-corrected chi connectivity index (χ1v) is 9.62. The molecule has 28 heavy (non-hydrogen) atoms. The summed E-state index contributed by atoms with van der Waals surface area (Å²) in [6.45, 7) is 1.57. The summed E-state index contributed by atoms with van der Waals surface area (Å²) >= 11 is 0. The van der Waals surface area contributed by atoms with E-state index in [2.05, 4.69) is 10.6 Å². The summed E-state index contributed by atoms with van der Waals surface area (Å²) < 4.78 is 4.95. The highest BCUT2D eigenvalue weighted by Crippen LogP contribution is 2.35. The summed E-state index contributed by atoms with van der Waals surface area (Å²) in [6.07, 6.45) is 3.84. The van der Waals surface area contributed by atoms with E-state index in [1.807, 2.05) is 19.1 Å². The van der Waals surface area contributed by atoms with Crippen LogP contribution in [-0.2, 0) is 25.5 Å². The predicted octanol–water partition coefficient (Wildman–Crippen LogP) is 1.99. The number of hydrogen-bond donors (Lipinski definition) is 2. The van der Waals surface area contributed by atoms with Crippen LogP contribution in [0.15, 0.2) is 24.3 Å². The Morgan fingerprint density at radius 2 is 1.86 bits per heavy atom. The van der Waals surface area contributed by atoms with Crippen LogP contribution >= 0.6 is 0 Å². The zero-order chi connectivity index (χ0) is 20.1. The van der Waals surface area contributed by atoms with Gasteiger partial charge in [0.1, 0.15) is 5.54 Å². The number of rotatable bonds is 7. The largest absolute Gasteiger partial charge is 0.456 e. The van der Waals surface area contributed by atoms with Crippen molar-refractivity contribution in [2.75, 3.05) is 18.5 Å². The fourth-order valence-corrected chi connectivity index (χ4v) is 3.64. The molecule has 2 N–H and O–H groups in total. The Balaban J connectivity index is 1.41. The first-order valence-electron chi connectivity index (χ1n) is 9.62. The molecule has 2 fully saturated rings. The van der Waals surface area contributed by atoms with Gasteiger partial charge in [0, 0.05) is 12.2 Å². The number of hydrogen-bond acceptors (Lipinski definition) is 5. The van der Waals surface area contributed by atoms with Crippen molar-refractivity contribution in [1.82, 2.24) is 10.2 Å². The molecule has 4 amide bonds. The summed E-state index contributed by atoms with van der Waals surface area (Å²) in [7, 11) is 0. The number of aryl methyl sites for hydroxylation is 1. The van der Waals surface area contributed by atoms with Gasteiger partial charge in [-0.15, -0.1) is 0 Å². The van der Waals surface area contributed by atoms with Crippen LogP contribution in [0.3, 0.4) is 0 Å². The molecule has 1 aliphatic heterocycles. The van der Waals surface area contributed by atoms with Crippen LogP contribution in [0.1, 0.15) is 44.6 Å². The minimum Gasteiger partial charge on any atom is -0.456 e. The zero-order valence-electron chi connectivity index (χ0n) is 16.0. The monoisotopic (exact) mass is 387 g/mol. The smallest absolute Gasteiger partial charge is 0.325 e. The van der Waals surface area contributed by atoms with Gasteiger partial charge in [0.2, 0.25) is 0 Å². The minimum absolute atomic E-state index is 0.0502. The molecule has 0 aromatic heterocycles. The van der Waals surface area contributed by atoms with Crippen molar-refractivity contribution in [2.24, 2.45) is 0 Å². The molecule has 1 heterocycles. The molecule has 1 spiro atoms. The number of esters is 1. The van der Waals surface area contributed by atoms with Crippen molar-refractivity contribution >= 4 is 29.5 Å². The molecule has 2 aliphatic rings. The third-order valence-corrected chi connectivity index (χ3v) is 5.25. The highest BCUT2D eigenvalue weighted by atomic mass is 16.5. The number of carbonyl (C=O) groups excluding carboxylic acids is 4. The Labute approximate surface area is 163 Å². The van der Waals surface area contributed by atoms with Crippen molar-refractivity contribution < 1.29 is 23.9 Å². The van der Waals surface area contributed by atoms with E-state index in [0.29, 0.717) is 18.5 Å². The van der Waals surface area contributed by atoms with Crippen molar-refractivity contribution in [3.63, 3.8) is 0 Å². The average molecular weight is 387 g/mol. The van der Waals surface area contributed by atoms with E-state index in [0.717, 1.165) is 29.7 Å². The molecule has 8 nitrogen and oxygen atoms in total. The van der Waals surface area contributed by atoms with Gasteiger partial charge in [-0.2, -0.15) is 0 Å². The molecular formula is C20H25N3O5. The van der Waals surface area contributed by atoms with Crippen LogP contribution in [0.4, 0.5) is 10.5 Å². The fourth-order valence-electron chi connectivity index (χ4n) is 3.64. The Morgan fingerprint density at radius 1 is 1.18 bits per heavy atom. The van der Waals surface area contributed by atoms with E-state index in [9.17, 15) is 19.2 Å². The summed E-state index contributed by atoms with van der Waals surface area (Å²) in [5.74, 6) is -1.35. The third-order valence-electron chi connectivity index (χ3n) is 5.25. The molecule has 1 aromatic carbocycles. The molecule has 0 unspecified atom stereocenters. The van der Waals surface area contributed by atoms with Crippen LogP contribution in [0.25, 0.3) is 0 Å². The van der Waals surface area contributed by atoms with Crippen LogP contribution in [0, 0.1) is 0 Å². The highest BCUT2D eigenvalue weighted by Gasteiger charge is 2.52. The van der Waals surface area contributed by atoms with E-state index in [1.54, 1.807) is 12.1 Å². The first-order chi connectivity index (χ1) is 13.4. The number of amides is 4. The second-order valence-electron chi connectivity index (χ2n) is 7.19. The SMILES string of the molecule is CCc1ccc(NC(=O)COC(=O)CCN2C(=O)NC3(CCCC3)C2=O)cc1. The second-order valence-corrected chi connectivity index (χ2v) is 7.19. The molecule has 3 rings (SSSR count). The number of carbonyl (C=O) groups is 4. The maximum atomic E-state index is 12.5. The summed E-state index contributed by atoms with van der Waals surface area (Å²) in [4.78, 5) is 49.4. The molecule has 1 aliphatic carbocycles. The van der Waals surface area contributed by atoms with E-state index in [4.69, 9.17) is 4.74 Å². The van der Waals surface area contributed by atoms with Crippen LogP contribution in [0.5, 0.6) is 0 Å². The maximum absolute atomic E-state index is 12.5. The average Bonchev–Trinajstić information content (AvgIpc) is 3.24. The first kappa shape index (κ1) is 19.9. The van der Waals surface area contributed by atoms with Crippen molar-refractivity contribution in [3.8, 4) is 0 Å².